The summed E-state index contributed by atoms with van der Waals surface area (Å²) in [6.45, 7) is 4.85. The zero-order valence-corrected chi connectivity index (χ0v) is 15.4. The number of anilines is 2. The maximum absolute atomic E-state index is 11.9. The van der Waals surface area contributed by atoms with Crippen LogP contribution in [0.25, 0.3) is 0 Å². The van der Waals surface area contributed by atoms with Crippen molar-refractivity contribution in [2.24, 2.45) is 0 Å². The lowest BCUT2D eigenvalue weighted by atomic mass is 10.2. The second-order valence-corrected chi connectivity index (χ2v) is 7.99. The normalized spacial score (nSPS) is 19.2. The number of nitrogens with two attached hydrogens (primary N) is 1. The summed E-state index contributed by atoms with van der Waals surface area (Å²) in [6, 6.07) is 6.02. The average molecular weight is 341 g/mol. The smallest absolute Gasteiger partial charge is 0.399 e. The number of benzene rings is 1. The number of nitrogen functional groups attached to an aromatic ring is 1. The van der Waals surface area contributed by atoms with E-state index in [-0.39, 0.29) is 6.10 Å². The van der Waals surface area contributed by atoms with Gasteiger partial charge in [0.1, 0.15) is 12.6 Å². The van der Waals surface area contributed by atoms with Crippen LogP contribution in [0.15, 0.2) is 18.2 Å². The first-order chi connectivity index (χ1) is 10.7. The van der Waals surface area contributed by atoms with Crippen molar-refractivity contribution in [2.45, 2.75) is 19.4 Å². The Hall–Kier alpha value is -1.20. The van der Waals surface area contributed by atoms with E-state index in [2.05, 4.69) is 32.1 Å². The molecule has 1 fully saturated rings. The SMILES string of the molecule is Cc1cc(N2CCC(O[P+](=O)OCC[N+](C)(C)C)C2)ccc1N. The highest BCUT2D eigenvalue weighted by Gasteiger charge is 2.33. The van der Waals surface area contributed by atoms with Gasteiger partial charge in [-0.15, -0.1) is 9.05 Å². The van der Waals surface area contributed by atoms with Crippen LogP contribution >= 0.6 is 8.25 Å². The fraction of sp³-hybridized carbons (Fsp3) is 0.625. The number of rotatable bonds is 7. The van der Waals surface area contributed by atoms with E-state index in [9.17, 15) is 4.57 Å². The van der Waals surface area contributed by atoms with Gasteiger partial charge in [-0.3, -0.25) is 0 Å². The molecule has 1 aromatic rings. The summed E-state index contributed by atoms with van der Waals surface area (Å²) in [5.41, 5.74) is 8.86. The fourth-order valence-corrected chi connectivity index (χ4v) is 3.15. The van der Waals surface area contributed by atoms with Gasteiger partial charge in [-0.2, -0.15) is 0 Å². The Morgan fingerprint density at radius 1 is 1.39 bits per heavy atom. The maximum Gasteiger partial charge on any atom is 0.697 e. The van der Waals surface area contributed by atoms with Crippen molar-refractivity contribution in [1.29, 1.82) is 0 Å². The zero-order chi connectivity index (χ0) is 17.0. The quantitative estimate of drug-likeness (QED) is 0.469. The molecule has 0 spiro atoms. The summed E-state index contributed by atoms with van der Waals surface area (Å²) in [7, 11) is 4.16. The highest BCUT2D eigenvalue weighted by atomic mass is 31.1. The molecular weight excluding hydrogens is 313 g/mol. The van der Waals surface area contributed by atoms with Crippen LogP contribution in [0.1, 0.15) is 12.0 Å². The van der Waals surface area contributed by atoms with E-state index in [0.717, 1.165) is 47.5 Å². The summed E-state index contributed by atoms with van der Waals surface area (Å²) in [5.74, 6) is 0. The standard InChI is InChI=1S/C16H28N3O3P/c1-13-11-14(5-6-16(13)17)18-8-7-15(12-18)22-23(20)21-10-9-19(2,3)4/h5-6,11,15H,7-10,12,17H2,1-4H3/q+2. The first-order valence-corrected chi connectivity index (χ1v) is 9.02. The van der Waals surface area contributed by atoms with E-state index in [0.29, 0.717) is 6.61 Å². The summed E-state index contributed by atoms with van der Waals surface area (Å²) in [6.07, 6.45) is 0.795. The first-order valence-electron chi connectivity index (χ1n) is 7.93. The molecule has 23 heavy (non-hydrogen) atoms. The minimum atomic E-state index is -2.05. The lowest BCUT2D eigenvalue weighted by molar-refractivity contribution is -0.870. The largest absolute Gasteiger partial charge is 0.697 e. The number of hydrogen-bond donors (Lipinski definition) is 1. The minimum absolute atomic E-state index is 0.0550. The molecule has 0 radical (unpaired) electrons. The molecule has 6 nitrogen and oxygen atoms in total. The molecule has 1 aromatic carbocycles. The zero-order valence-electron chi connectivity index (χ0n) is 14.5. The molecule has 2 N–H and O–H groups in total. The second kappa shape index (κ2) is 7.58. The Bertz CT molecular complexity index is 560. The van der Waals surface area contributed by atoms with Crippen molar-refractivity contribution in [1.82, 2.24) is 0 Å². The average Bonchev–Trinajstić information content (AvgIpc) is 2.88. The van der Waals surface area contributed by atoms with E-state index in [1.54, 1.807) is 0 Å². The van der Waals surface area contributed by atoms with E-state index in [4.69, 9.17) is 14.8 Å². The summed E-state index contributed by atoms with van der Waals surface area (Å²) < 4.78 is 23.5. The highest BCUT2D eigenvalue weighted by Crippen LogP contribution is 2.32. The lowest BCUT2D eigenvalue weighted by Crippen LogP contribution is -2.37. The van der Waals surface area contributed by atoms with Gasteiger partial charge < -0.3 is 15.1 Å². The minimum Gasteiger partial charge on any atom is -0.399 e. The molecule has 1 aliphatic heterocycles. The molecule has 1 saturated heterocycles. The Labute approximate surface area is 139 Å². The Kier molecular flexibility index (Phi) is 5.98. The van der Waals surface area contributed by atoms with Crippen molar-refractivity contribution in [3.63, 3.8) is 0 Å². The number of aryl methyl sites for hydroxylation is 1. The molecule has 2 atom stereocenters. The van der Waals surface area contributed by atoms with Crippen molar-refractivity contribution in [3.8, 4) is 0 Å². The second-order valence-electron chi connectivity index (χ2n) is 7.07. The number of hydrogen-bond acceptors (Lipinski definition) is 5. The van der Waals surface area contributed by atoms with Gasteiger partial charge in [0.05, 0.1) is 21.1 Å². The predicted octanol–water partition coefficient (Wildman–Crippen LogP) is 2.55. The highest BCUT2D eigenvalue weighted by molar-refractivity contribution is 7.33. The Morgan fingerprint density at radius 3 is 2.78 bits per heavy atom. The summed E-state index contributed by atoms with van der Waals surface area (Å²) >= 11 is 0. The van der Waals surface area contributed by atoms with E-state index in [1.165, 1.54) is 0 Å². The van der Waals surface area contributed by atoms with Crippen LogP contribution in [0, 0.1) is 6.92 Å². The van der Waals surface area contributed by atoms with Crippen LogP contribution in [-0.4, -0.2) is 58.0 Å². The van der Waals surface area contributed by atoms with Crippen molar-refractivity contribution in [3.05, 3.63) is 23.8 Å². The van der Waals surface area contributed by atoms with Crippen LogP contribution in [0.5, 0.6) is 0 Å². The molecule has 2 unspecified atom stereocenters. The van der Waals surface area contributed by atoms with E-state index >= 15 is 0 Å². The fourth-order valence-electron chi connectivity index (χ4n) is 2.45. The molecule has 2 rings (SSSR count). The third kappa shape index (κ3) is 5.74. The number of nitrogens with zero attached hydrogens (tertiary/aromatic N) is 2. The van der Waals surface area contributed by atoms with Crippen LogP contribution in [-0.2, 0) is 13.6 Å². The van der Waals surface area contributed by atoms with Gasteiger partial charge in [0.15, 0.2) is 6.61 Å². The van der Waals surface area contributed by atoms with Crippen LogP contribution in [0.4, 0.5) is 11.4 Å². The van der Waals surface area contributed by atoms with E-state index < -0.39 is 8.25 Å². The van der Waals surface area contributed by atoms with E-state index in [1.807, 2.05) is 19.1 Å². The summed E-state index contributed by atoms with van der Waals surface area (Å²) in [4.78, 5) is 2.23. The lowest BCUT2D eigenvalue weighted by Gasteiger charge is -2.21. The van der Waals surface area contributed by atoms with Gasteiger partial charge >= 0.3 is 8.25 Å². The monoisotopic (exact) mass is 341 g/mol. The Morgan fingerprint density at radius 2 is 2.13 bits per heavy atom. The van der Waals surface area contributed by atoms with Gasteiger partial charge in [0.25, 0.3) is 0 Å². The van der Waals surface area contributed by atoms with Gasteiger partial charge in [-0.1, -0.05) is 0 Å². The van der Waals surface area contributed by atoms with Crippen molar-refractivity contribution < 1.29 is 18.1 Å². The van der Waals surface area contributed by atoms with Crippen molar-refractivity contribution >= 4 is 19.6 Å². The number of quaternary nitrogens is 1. The van der Waals surface area contributed by atoms with Gasteiger partial charge in [-0.25, -0.2) is 0 Å². The molecule has 128 valence electrons. The van der Waals surface area contributed by atoms with Gasteiger partial charge in [-0.05, 0) is 37.1 Å². The molecule has 0 saturated carbocycles. The van der Waals surface area contributed by atoms with Gasteiger partial charge in [0.2, 0.25) is 0 Å². The molecule has 0 aliphatic carbocycles. The maximum atomic E-state index is 11.9. The molecule has 0 amide bonds. The molecule has 7 heteroatoms. The predicted molar refractivity (Wildman–Crippen MR) is 93.8 cm³/mol. The topological polar surface area (TPSA) is 64.8 Å². The third-order valence-corrected chi connectivity index (χ3v) is 4.82. The first kappa shape index (κ1) is 18.1. The van der Waals surface area contributed by atoms with Gasteiger partial charge in [0, 0.05) is 29.0 Å². The molecule has 1 aliphatic rings. The Balaban J connectivity index is 1.78. The molecule has 0 aromatic heterocycles. The van der Waals surface area contributed by atoms with Crippen LogP contribution in [0.3, 0.4) is 0 Å². The molecule has 1 heterocycles. The molecular formula is C16H28N3O3P+2. The van der Waals surface area contributed by atoms with Crippen LogP contribution in [0.2, 0.25) is 0 Å². The third-order valence-electron chi connectivity index (χ3n) is 3.96. The van der Waals surface area contributed by atoms with Crippen molar-refractivity contribution in [2.75, 3.05) is 58.0 Å². The molecule has 0 bridgehead atoms. The summed E-state index contributed by atoms with van der Waals surface area (Å²) in [5, 5.41) is 0. The number of likely N-dealkylation sites (N-methyl/N-ethyl adjacent to an activating group) is 1. The van der Waals surface area contributed by atoms with Crippen LogP contribution < -0.4 is 10.6 Å².